The number of rotatable bonds is 5. The van der Waals surface area contributed by atoms with E-state index in [2.05, 4.69) is 5.43 Å². The van der Waals surface area contributed by atoms with Crippen LogP contribution < -0.4 is 10.3 Å². The molecule has 0 aliphatic rings. The molecule has 0 aliphatic heterocycles. The Morgan fingerprint density at radius 1 is 1.27 bits per heavy atom. The summed E-state index contributed by atoms with van der Waals surface area (Å²) in [7, 11) is -4.32. The Morgan fingerprint density at radius 3 is 2.40 bits per heavy atom. The lowest BCUT2D eigenvalue weighted by molar-refractivity contribution is 0.0989. The number of Topliss-reactive ketones (excluding diaryl/α,β-unsaturated/α-hetero) is 1. The smallest absolute Gasteiger partial charge is 0.293 e. The first kappa shape index (κ1) is 11.8. The highest BCUT2D eigenvalue weighted by atomic mass is 32.2. The summed E-state index contributed by atoms with van der Waals surface area (Å²) in [5, 5.41) is 0. The van der Waals surface area contributed by atoms with E-state index in [-0.39, 0.29) is 12.3 Å². The molecule has 0 saturated carbocycles. The maximum Gasteiger partial charge on any atom is 0.346 e. The predicted octanol–water partition coefficient (Wildman–Crippen LogP) is -0.234. The Morgan fingerprint density at radius 2 is 1.87 bits per heavy atom. The van der Waals surface area contributed by atoms with Gasteiger partial charge in [-0.1, -0.05) is 30.3 Å². The monoisotopic (exact) mass is 230 g/mol. The maximum absolute atomic E-state index is 11.4. The van der Waals surface area contributed by atoms with Crippen molar-refractivity contribution in [3.8, 4) is 0 Å². The van der Waals surface area contributed by atoms with Crippen LogP contribution in [0.1, 0.15) is 10.4 Å². The summed E-state index contributed by atoms with van der Waals surface area (Å²) in [6.45, 7) is -0.232. The fourth-order valence-electron chi connectivity index (χ4n) is 0.934. The van der Waals surface area contributed by atoms with Gasteiger partial charge in [0.25, 0.3) is 0 Å². The second kappa shape index (κ2) is 4.99. The SMILES string of the molecule is O=C(CNNS(=O)(=O)O)c1ccccc1. The highest BCUT2D eigenvalue weighted by Gasteiger charge is 2.06. The van der Waals surface area contributed by atoms with E-state index in [0.29, 0.717) is 5.56 Å². The molecule has 3 N–H and O–H groups in total. The van der Waals surface area contributed by atoms with Gasteiger partial charge in [-0.3, -0.25) is 9.35 Å². The minimum Gasteiger partial charge on any atom is -0.293 e. The molecule has 1 aromatic rings. The maximum atomic E-state index is 11.4. The third kappa shape index (κ3) is 4.66. The fraction of sp³-hybridized carbons (Fsp3) is 0.125. The molecule has 0 radical (unpaired) electrons. The first-order chi connectivity index (χ1) is 6.99. The van der Waals surface area contributed by atoms with Crippen LogP contribution in [0.15, 0.2) is 30.3 Å². The number of carbonyl (C=O) groups excluding carboxylic acids is 1. The summed E-state index contributed by atoms with van der Waals surface area (Å²) in [5.74, 6) is -0.285. The quantitative estimate of drug-likeness (QED) is 0.369. The number of nitrogens with one attached hydrogen (secondary N) is 2. The lowest BCUT2D eigenvalue weighted by Crippen LogP contribution is -2.40. The molecular weight excluding hydrogens is 220 g/mol. The van der Waals surface area contributed by atoms with Crippen LogP contribution in [0, 0.1) is 0 Å². The van der Waals surface area contributed by atoms with Crippen LogP contribution in [0.3, 0.4) is 0 Å². The lowest BCUT2D eigenvalue weighted by Gasteiger charge is -2.02. The standard InChI is InChI=1S/C8H10N2O4S/c11-8(6-9-10-15(12,13)14)7-4-2-1-3-5-7/h1-5,9-10H,6H2,(H,12,13,14). The number of benzene rings is 1. The third-order valence-electron chi connectivity index (χ3n) is 1.55. The molecule has 1 rings (SSSR count). The van der Waals surface area contributed by atoms with Crippen LogP contribution in [-0.2, 0) is 10.3 Å². The molecular formula is C8H10N2O4S. The molecule has 0 atom stereocenters. The molecule has 0 fully saturated rings. The molecule has 1 aromatic carbocycles. The summed E-state index contributed by atoms with van der Waals surface area (Å²) >= 11 is 0. The van der Waals surface area contributed by atoms with Crippen molar-refractivity contribution in [1.82, 2.24) is 10.3 Å². The first-order valence-corrected chi connectivity index (χ1v) is 5.48. The van der Waals surface area contributed by atoms with Gasteiger partial charge in [0.15, 0.2) is 5.78 Å². The second-order valence-electron chi connectivity index (χ2n) is 2.72. The van der Waals surface area contributed by atoms with Crippen LogP contribution in [-0.4, -0.2) is 25.3 Å². The normalized spacial score (nSPS) is 11.3. The number of carbonyl (C=O) groups is 1. The van der Waals surface area contributed by atoms with Crippen molar-refractivity contribution in [3.05, 3.63) is 35.9 Å². The molecule has 0 heterocycles. The van der Waals surface area contributed by atoms with E-state index < -0.39 is 10.3 Å². The Labute approximate surface area is 87.2 Å². The van der Waals surface area contributed by atoms with Crippen molar-refractivity contribution in [2.24, 2.45) is 0 Å². The van der Waals surface area contributed by atoms with Crippen molar-refractivity contribution in [1.29, 1.82) is 0 Å². The minimum atomic E-state index is -4.32. The van der Waals surface area contributed by atoms with E-state index in [1.54, 1.807) is 35.2 Å². The van der Waals surface area contributed by atoms with Crippen LogP contribution in [0.25, 0.3) is 0 Å². The van der Waals surface area contributed by atoms with Crippen LogP contribution in [0.4, 0.5) is 0 Å². The summed E-state index contributed by atoms with van der Waals surface area (Å²) in [6, 6.07) is 8.38. The Kier molecular flexibility index (Phi) is 3.92. The molecule has 15 heavy (non-hydrogen) atoms. The van der Waals surface area contributed by atoms with Gasteiger partial charge in [0.2, 0.25) is 0 Å². The van der Waals surface area contributed by atoms with Gasteiger partial charge in [0.05, 0.1) is 6.54 Å². The largest absolute Gasteiger partial charge is 0.346 e. The summed E-state index contributed by atoms with van der Waals surface area (Å²) < 4.78 is 28.7. The Bertz CT molecular complexity index is 429. The molecule has 7 heteroatoms. The molecule has 0 unspecified atom stereocenters. The molecule has 0 aromatic heterocycles. The number of hydrazine groups is 1. The van der Waals surface area contributed by atoms with Gasteiger partial charge in [-0.25, -0.2) is 5.43 Å². The minimum absolute atomic E-state index is 0.232. The average molecular weight is 230 g/mol. The lowest BCUT2D eigenvalue weighted by atomic mass is 10.1. The van der Waals surface area contributed by atoms with Crippen molar-refractivity contribution in [2.75, 3.05) is 6.54 Å². The van der Waals surface area contributed by atoms with E-state index in [1.807, 2.05) is 0 Å². The summed E-state index contributed by atoms with van der Waals surface area (Å²) in [6.07, 6.45) is 0. The Hall–Kier alpha value is -1.28. The number of ketones is 1. The second-order valence-corrected chi connectivity index (χ2v) is 3.87. The summed E-state index contributed by atoms with van der Waals surface area (Å²) in [4.78, 5) is 12.9. The zero-order valence-electron chi connectivity index (χ0n) is 7.67. The van der Waals surface area contributed by atoms with Crippen molar-refractivity contribution in [3.63, 3.8) is 0 Å². The van der Waals surface area contributed by atoms with Gasteiger partial charge in [0, 0.05) is 5.56 Å². The molecule has 0 spiro atoms. The van der Waals surface area contributed by atoms with Crippen LogP contribution in [0.5, 0.6) is 0 Å². The third-order valence-corrected chi connectivity index (χ3v) is 1.95. The van der Waals surface area contributed by atoms with E-state index in [4.69, 9.17) is 4.55 Å². The zero-order chi connectivity index (χ0) is 11.3. The van der Waals surface area contributed by atoms with E-state index in [1.165, 1.54) is 0 Å². The van der Waals surface area contributed by atoms with Gasteiger partial charge in [-0.2, -0.15) is 8.42 Å². The van der Waals surface area contributed by atoms with Crippen molar-refractivity contribution < 1.29 is 17.8 Å². The van der Waals surface area contributed by atoms with E-state index in [0.717, 1.165) is 0 Å². The molecule has 6 nitrogen and oxygen atoms in total. The Balaban J connectivity index is 2.45. The highest BCUT2D eigenvalue weighted by Crippen LogP contribution is 1.98. The molecule has 0 aliphatic carbocycles. The van der Waals surface area contributed by atoms with Gasteiger partial charge >= 0.3 is 10.3 Å². The molecule has 82 valence electrons. The van der Waals surface area contributed by atoms with Crippen LogP contribution >= 0.6 is 0 Å². The topological polar surface area (TPSA) is 95.5 Å². The highest BCUT2D eigenvalue weighted by molar-refractivity contribution is 7.83. The molecule has 0 bridgehead atoms. The van der Waals surface area contributed by atoms with E-state index in [9.17, 15) is 13.2 Å². The average Bonchev–Trinajstić information content (AvgIpc) is 2.17. The molecule has 0 saturated heterocycles. The number of hydrogen-bond donors (Lipinski definition) is 3. The van der Waals surface area contributed by atoms with Gasteiger partial charge in [-0.05, 0) is 0 Å². The fourth-order valence-corrected chi connectivity index (χ4v) is 1.19. The van der Waals surface area contributed by atoms with E-state index >= 15 is 0 Å². The van der Waals surface area contributed by atoms with Crippen LogP contribution in [0.2, 0.25) is 0 Å². The van der Waals surface area contributed by atoms with Gasteiger partial charge in [0.1, 0.15) is 0 Å². The zero-order valence-corrected chi connectivity index (χ0v) is 8.49. The van der Waals surface area contributed by atoms with Crippen molar-refractivity contribution >= 4 is 16.1 Å². The first-order valence-electron chi connectivity index (χ1n) is 4.04. The van der Waals surface area contributed by atoms with Gasteiger partial charge < -0.3 is 0 Å². The van der Waals surface area contributed by atoms with Gasteiger partial charge in [-0.15, -0.1) is 4.83 Å². The van der Waals surface area contributed by atoms with Crippen molar-refractivity contribution in [2.45, 2.75) is 0 Å². The summed E-state index contributed by atoms with van der Waals surface area (Å²) in [5.41, 5.74) is 2.55. The predicted molar refractivity (Wildman–Crippen MR) is 53.5 cm³/mol. The number of hydrogen-bond acceptors (Lipinski definition) is 4. The molecule has 0 amide bonds.